The van der Waals surface area contributed by atoms with Crippen molar-refractivity contribution in [2.24, 2.45) is 0 Å². The molecular formula is C12H15F2N3. The summed E-state index contributed by atoms with van der Waals surface area (Å²) in [4.78, 5) is 0. The average molecular weight is 239 g/mol. The largest absolute Gasteiger partial charge is 0.306 e. The van der Waals surface area contributed by atoms with Gasteiger partial charge in [-0.2, -0.15) is 5.10 Å². The van der Waals surface area contributed by atoms with Crippen LogP contribution in [-0.2, 0) is 13.1 Å². The summed E-state index contributed by atoms with van der Waals surface area (Å²) in [5.41, 5.74) is 1.87. The quantitative estimate of drug-likeness (QED) is 0.868. The van der Waals surface area contributed by atoms with E-state index >= 15 is 0 Å². The first-order valence-electron chi connectivity index (χ1n) is 5.65. The Balaban J connectivity index is 2.22. The Labute approximate surface area is 98.4 Å². The first-order valence-corrected chi connectivity index (χ1v) is 5.65. The normalized spacial score (nSPS) is 11.5. The minimum absolute atomic E-state index is 0.298. The van der Waals surface area contributed by atoms with Gasteiger partial charge in [-0.05, 0) is 13.0 Å². The molecule has 0 radical (unpaired) electrons. The number of fused-ring (bicyclic) bond motifs is 1. The number of rotatable bonds is 5. The van der Waals surface area contributed by atoms with Crippen molar-refractivity contribution in [1.29, 1.82) is 0 Å². The molecule has 0 aliphatic rings. The number of alkyl halides is 2. The number of aromatic nitrogens is 2. The fraction of sp³-hybridized carbons (Fsp3) is 0.417. The molecule has 1 aromatic heterocycles. The highest BCUT2D eigenvalue weighted by molar-refractivity contribution is 5.81. The molecule has 0 aliphatic carbocycles. The Kier molecular flexibility index (Phi) is 3.68. The molecule has 0 spiro atoms. The van der Waals surface area contributed by atoms with E-state index in [2.05, 4.69) is 10.4 Å². The van der Waals surface area contributed by atoms with Crippen LogP contribution in [0.5, 0.6) is 0 Å². The molecule has 0 unspecified atom stereocenters. The molecule has 2 rings (SSSR count). The second-order valence-corrected chi connectivity index (χ2v) is 3.80. The van der Waals surface area contributed by atoms with Crippen LogP contribution < -0.4 is 5.32 Å². The van der Waals surface area contributed by atoms with Gasteiger partial charge in [-0.1, -0.05) is 18.2 Å². The fourth-order valence-corrected chi connectivity index (χ4v) is 1.87. The van der Waals surface area contributed by atoms with Gasteiger partial charge in [0.2, 0.25) is 0 Å². The molecule has 0 atom stereocenters. The standard InChI is InChI=1S/C12H15F2N3/c1-2-17-11-6-4-3-5-9(11)10(16-17)7-15-8-12(13)14/h3-6,12,15H,2,7-8H2,1H3. The molecule has 1 heterocycles. The van der Waals surface area contributed by atoms with E-state index in [9.17, 15) is 8.78 Å². The Morgan fingerprint density at radius 2 is 2.12 bits per heavy atom. The van der Waals surface area contributed by atoms with Gasteiger partial charge in [-0.25, -0.2) is 8.78 Å². The molecule has 1 N–H and O–H groups in total. The first kappa shape index (κ1) is 12.0. The third kappa shape index (κ3) is 2.61. The van der Waals surface area contributed by atoms with Gasteiger partial charge in [-0.3, -0.25) is 4.68 Å². The highest BCUT2D eigenvalue weighted by atomic mass is 19.3. The van der Waals surface area contributed by atoms with E-state index in [1.165, 1.54) is 0 Å². The van der Waals surface area contributed by atoms with Crippen molar-refractivity contribution in [2.45, 2.75) is 26.4 Å². The molecule has 3 nitrogen and oxygen atoms in total. The number of nitrogens with one attached hydrogen (secondary N) is 1. The van der Waals surface area contributed by atoms with Crippen molar-refractivity contribution < 1.29 is 8.78 Å². The minimum Gasteiger partial charge on any atom is -0.306 e. The summed E-state index contributed by atoms with van der Waals surface area (Å²) in [6, 6.07) is 7.84. The molecule has 2 aromatic rings. The van der Waals surface area contributed by atoms with Crippen molar-refractivity contribution >= 4 is 10.9 Å². The summed E-state index contributed by atoms with van der Waals surface area (Å²) in [6.07, 6.45) is -2.32. The zero-order valence-electron chi connectivity index (χ0n) is 9.66. The number of para-hydroxylation sites is 1. The summed E-state index contributed by atoms with van der Waals surface area (Å²) in [5, 5.41) is 8.14. The maximum atomic E-state index is 12.0. The zero-order chi connectivity index (χ0) is 12.3. The van der Waals surface area contributed by atoms with Crippen molar-refractivity contribution in [3.63, 3.8) is 0 Å². The molecule has 5 heteroatoms. The number of benzene rings is 1. The van der Waals surface area contributed by atoms with Crippen LogP contribution in [-0.4, -0.2) is 22.8 Å². The van der Waals surface area contributed by atoms with Crippen molar-refractivity contribution in [3.8, 4) is 0 Å². The number of hydrogen-bond donors (Lipinski definition) is 1. The van der Waals surface area contributed by atoms with Crippen molar-refractivity contribution in [2.75, 3.05) is 6.54 Å². The monoisotopic (exact) mass is 239 g/mol. The van der Waals surface area contributed by atoms with E-state index in [-0.39, 0.29) is 6.54 Å². The molecule has 0 saturated carbocycles. The smallest absolute Gasteiger partial charge is 0.250 e. The van der Waals surface area contributed by atoms with Crippen LogP contribution >= 0.6 is 0 Å². The number of nitrogens with zero attached hydrogens (tertiary/aromatic N) is 2. The van der Waals surface area contributed by atoms with E-state index in [1.807, 2.05) is 35.9 Å². The van der Waals surface area contributed by atoms with Gasteiger partial charge < -0.3 is 5.32 Å². The Bertz CT molecular complexity index is 493. The van der Waals surface area contributed by atoms with Crippen LogP contribution in [0.1, 0.15) is 12.6 Å². The summed E-state index contributed by atoms with van der Waals surface area (Å²) in [7, 11) is 0. The van der Waals surface area contributed by atoms with Gasteiger partial charge in [0.15, 0.2) is 0 Å². The molecule has 0 amide bonds. The minimum atomic E-state index is -2.32. The van der Waals surface area contributed by atoms with Gasteiger partial charge in [-0.15, -0.1) is 0 Å². The van der Waals surface area contributed by atoms with Gasteiger partial charge >= 0.3 is 0 Å². The van der Waals surface area contributed by atoms with Crippen molar-refractivity contribution in [1.82, 2.24) is 15.1 Å². The summed E-state index contributed by atoms with van der Waals surface area (Å²) in [5.74, 6) is 0. The van der Waals surface area contributed by atoms with E-state index in [4.69, 9.17) is 0 Å². The van der Waals surface area contributed by atoms with Crippen LogP contribution in [0.25, 0.3) is 10.9 Å². The zero-order valence-corrected chi connectivity index (χ0v) is 9.66. The highest BCUT2D eigenvalue weighted by Crippen LogP contribution is 2.18. The summed E-state index contributed by atoms with van der Waals surface area (Å²) in [6.45, 7) is 2.86. The predicted octanol–water partition coefficient (Wildman–Crippen LogP) is 2.41. The molecule has 0 aliphatic heterocycles. The number of halogens is 2. The summed E-state index contributed by atoms with van der Waals surface area (Å²) < 4.78 is 26.0. The van der Waals surface area contributed by atoms with E-state index < -0.39 is 6.43 Å². The Morgan fingerprint density at radius 3 is 2.82 bits per heavy atom. The predicted molar refractivity (Wildman–Crippen MR) is 63.1 cm³/mol. The maximum Gasteiger partial charge on any atom is 0.250 e. The van der Waals surface area contributed by atoms with E-state index in [0.717, 1.165) is 23.1 Å². The molecule has 1 aromatic carbocycles. The molecule has 0 bridgehead atoms. The van der Waals surface area contributed by atoms with Gasteiger partial charge in [0, 0.05) is 18.5 Å². The van der Waals surface area contributed by atoms with Gasteiger partial charge in [0.1, 0.15) is 0 Å². The van der Waals surface area contributed by atoms with Crippen LogP contribution in [0.2, 0.25) is 0 Å². The molecule has 17 heavy (non-hydrogen) atoms. The lowest BCUT2D eigenvalue weighted by atomic mass is 10.2. The molecule has 0 saturated heterocycles. The topological polar surface area (TPSA) is 29.9 Å². The Morgan fingerprint density at radius 1 is 1.35 bits per heavy atom. The van der Waals surface area contributed by atoms with Crippen molar-refractivity contribution in [3.05, 3.63) is 30.0 Å². The second-order valence-electron chi connectivity index (χ2n) is 3.80. The lowest BCUT2D eigenvalue weighted by molar-refractivity contribution is 0.145. The van der Waals surface area contributed by atoms with E-state index in [1.54, 1.807) is 0 Å². The van der Waals surface area contributed by atoms with Crippen LogP contribution in [0.4, 0.5) is 8.78 Å². The molecule has 92 valence electrons. The first-order chi connectivity index (χ1) is 8.22. The third-order valence-electron chi connectivity index (χ3n) is 2.63. The lowest BCUT2D eigenvalue weighted by Crippen LogP contribution is -2.21. The SMILES string of the molecule is CCn1nc(CNCC(F)F)c2ccccc21. The Hall–Kier alpha value is -1.49. The lowest BCUT2D eigenvalue weighted by Gasteiger charge is -2.01. The molecular weight excluding hydrogens is 224 g/mol. The van der Waals surface area contributed by atoms with E-state index in [0.29, 0.717) is 6.54 Å². The third-order valence-corrected chi connectivity index (χ3v) is 2.63. The van der Waals surface area contributed by atoms with Gasteiger partial charge in [0.05, 0.1) is 17.8 Å². The maximum absolute atomic E-state index is 12.0. The fourth-order valence-electron chi connectivity index (χ4n) is 1.87. The van der Waals surface area contributed by atoms with Crippen LogP contribution in [0.3, 0.4) is 0 Å². The van der Waals surface area contributed by atoms with Crippen LogP contribution in [0, 0.1) is 0 Å². The molecule has 0 fully saturated rings. The average Bonchev–Trinajstić information content (AvgIpc) is 2.68. The van der Waals surface area contributed by atoms with Crippen LogP contribution in [0.15, 0.2) is 24.3 Å². The van der Waals surface area contributed by atoms with Gasteiger partial charge in [0.25, 0.3) is 6.43 Å². The number of hydrogen-bond acceptors (Lipinski definition) is 2. The second kappa shape index (κ2) is 5.23. The highest BCUT2D eigenvalue weighted by Gasteiger charge is 2.09. The summed E-state index contributed by atoms with van der Waals surface area (Å²) >= 11 is 0. The number of aryl methyl sites for hydroxylation is 1.